The Morgan fingerprint density at radius 1 is 1.11 bits per heavy atom. The Hall–Kier alpha value is -2.43. The first-order valence-corrected chi connectivity index (χ1v) is 5.50. The third kappa shape index (κ3) is 2.15. The van der Waals surface area contributed by atoms with Crippen molar-refractivity contribution in [2.45, 2.75) is 13.8 Å². The fourth-order valence-corrected chi connectivity index (χ4v) is 1.61. The van der Waals surface area contributed by atoms with Crippen molar-refractivity contribution in [3.63, 3.8) is 0 Å². The number of rotatable bonds is 1. The van der Waals surface area contributed by atoms with E-state index in [1.165, 1.54) is 6.08 Å². The van der Waals surface area contributed by atoms with Crippen LogP contribution in [0.15, 0.2) is 40.4 Å². The van der Waals surface area contributed by atoms with Crippen LogP contribution in [-0.2, 0) is 4.79 Å². The van der Waals surface area contributed by atoms with Crippen LogP contribution in [0.3, 0.4) is 0 Å². The van der Waals surface area contributed by atoms with Crippen molar-refractivity contribution >= 4 is 28.8 Å². The van der Waals surface area contributed by atoms with Gasteiger partial charge in [-0.05, 0) is 43.7 Å². The van der Waals surface area contributed by atoms with Gasteiger partial charge < -0.3 is 11.5 Å². The summed E-state index contributed by atoms with van der Waals surface area (Å²) in [5.41, 5.74) is 14.1. The molecule has 0 spiro atoms. The van der Waals surface area contributed by atoms with E-state index in [9.17, 15) is 4.79 Å². The molecule has 0 saturated carbocycles. The highest BCUT2D eigenvalue weighted by Gasteiger charge is 2.14. The van der Waals surface area contributed by atoms with Crippen molar-refractivity contribution < 1.29 is 4.79 Å². The first kappa shape index (κ1) is 12.0. The molecule has 1 aliphatic rings. The number of allylic oxidation sites excluding steroid dienone is 4. The predicted octanol–water partition coefficient (Wildman–Crippen LogP) is 1.79. The maximum Gasteiger partial charge on any atom is 0.181 e. The lowest BCUT2D eigenvalue weighted by Crippen LogP contribution is -2.10. The summed E-state index contributed by atoms with van der Waals surface area (Å²) < 4.78 is 0. The highest BCUT2D eigenvalue weighted by Crippen LogP contribution is 2.24. The van der Waals surface area contributed by atoms with E-state index >= 15 is 0 Å². The maximum absolute atomic E-state index is 11.5. The molecule has 4 N–H and O–H groups in total. The van der Waals surface area contributed by atoms with Gasteiger partial charge in [-0.3, -0.25) is 4.79 Å². The van der Waals surface area contributed by atoms with Gasteiger partial charge in [-0.2, -0.15) is 0 Å². The van der Waals surface area contributed by atoms with E-state index in [0.717, 1.165) is 5.57 Å². The highest BCUT2D eigenvalue weighted by molar-refractivity contribution is 6.22. The lowest BCUT2D eigenvalue weighted by atomic mass is 9.97. The number of anilines is 2. The summed E-state index contributed by atoms with van der Waals surface area (Å²) in [5, 5.41) is 0. The molecule has 1 aromatic heterocycles. The zero-order valence-corrected chi connectivity index (χ0v) is 10.3. The smallest absolute Gasteiger partial charge is 0.181 e. The standard InChI is InChI=1S/C13H14N4O/c1-7-8(2)11(18)5-3-9(7)16-10-4-6-12(14)17-13(10)15/h3-6H,1-2H3,(H4,14,15,17). The molecule has 0 radical (unpaired) electrons. The molecule has 0 aliphatic heterocycles. The van der Waals surface area contributed by atoms with Gasteiger partial charge in [0.25, 0.3) is 0 Å². The predicted molar refractivity (Wildman–Crippen MR) is 72.7 cm³/mol. The number of aromatic nitrogens is 1. The molecular formula is C13H14N4O. The molecule has 0 unspecified atom stereocenters. The van der Waals surface area contributed by atoms with Gasteiger partial charge in [0.05, 0.1) is 5.71 Å². The number of ketones is 1. The SMILES string of the molecule is CC1=C(C)C(=Nc2ccc(N)nc2N)C=CC1=O. The van der Waals surface area contributed by atoms with E-state index in [-0.39, 0.29) is 11.6 Å². The zero-order valence-electron chi connectivity index (χ0n) is 10.3. The number of aliphatic imine (C=N–C) groups is 1. The normalized spacial score (nSPS) is 17.7. The summed E-state index contributed by atoms with van der Waals surface area (Å²) in [6.07, 6.45) is 3.18. The third-order valence-corrected chi connectivity index (χ3v) is 2.87. The monoisotopic (exact) mass is 242 g/mol. The topological polar surface area (TPSA) is 94.4 Å². The van der Waals surface area contributed by atoms with Crippen LogP contribution < -0.4 is 11.5 Å². The minimum atomic E-state index is 0.00912. The van der Waals surface area contributed by atoms with Gasteiger partial charge in [-0.15, -0.1) is 0 Å². The van der Waals surface area contributed by atoms with Crippen molar-refractivity contribution in [2.75, 3.05) is 11.5 Å². The number of nitrogens with zero attached hydrogens (tertiary/aromatic N) is 2. The molecule has 2 rings (SSSR count). The van der Waals surface area contributed by atoms with Crippen LogP contribution in [-0.4, -0.2) is 16.5 Å². The summed E-state index contributed by atoms with van der Waals surface area (Å²) in [6, 6.07) is 3.34. The van der Waals surface area contributed by atoms with Crippen molar-refractivity contribution in [1.82, 2.24) is 4.98 Å². The van der Waals surface area contributed by atoms with E-state index in [1.54, 1.807) is 25.1 Å². The number of carbonyl (C=O) groups excluding carboxylic acids is 1. The Labute approximate surface area is 105 Å². The first-order valence-electron chi connectivity index (χ1n) is 5.50. The molecule has 1 aromatic rings. The Kier molecular flexibility index (Phi) is 2.97. The number of hydrogen-bond acceptors (Lipinski definition) is 5. The third-order valence-electron chi connectivity index (χ3n) is 2.87. The average Bonchev–Trinajstić information content (AvgIpc) is 2.33. The van der Waals surface area contributed by atoms with E-state index in [2.05, 4.69) is 9.98 Å². The van der Waals surface area contributed by atoms with Gasteiger partial charge in [0, 0.05) is 5.57 Å². The lowest BCUT2D eigenvalue weighted by molar-refractivity contribution is -0.111. The molecule has 18 heavy (non-hydrogen) atoms. The van der Waals surface area contributed by atoms with Crippen LogP contribution in [0.1, 0.15) is 13.8 Å². The van der Waals surface area contributed by atoms with Crippen molar-refractivity contribution in [2.24, 2.45) is 4.99 Å². The number of hydrogen-bond donors (Lipinski definition) is 2. The molecule has 0 aromatic carbocycles. The maximum atomic E-state index is 11.5. The van der Waals surface area contributed by atoms with Gasteiger partial charge >= 0.3 is 0 Å². The van der Waals surface area contributed by atoms with Crippen molar-refractivity contribution in [1.29, 1.82) is 0 Å². The molecule has 1 aliphatic carbocycles. The fourth-order valence-electron chi connectivity index (χ4n) is 1.61. The number of nitrogens with two attached hydrogens (primary N) is 2. The largest absolute Gasteiger partial charge is 0.384 e. The van der Waals surface area contributed by atoms with Crippen molar-refractivity contribution in [3.05, 3.63) is 35.4 Å². The molecule has 5 nitrogen and oxygen atoms in total. The lowest BCUT2D eigenvalue weighted by Gasteiger charge is -2.11. The second kappa shape index (κ2) is 4.44. The van der Waals surface area contributed by atoms with E-state index in [1.807, 2.05) is 6.92 Å². The molecule has 0 fully saturated rings. The second-order valence-corrected chi connectivity index (χ2v) is 4.09. The summed E-state index contributed by atoms with van der Waals surface area (Å²) in [6.45, 7) is 3.64. The van der Waals surface area contributed by atoms with E-state index in [4.69, 9.17) is 11.5 Å². The van der Waals surface area contributed by atoms with Crippen LogP contribution in [0.5, 0.6) is 0 Å². The molecule has 5 heteroatoms. The number of carbonyl (C=O) groups is 1. The summed E-state index contributed by atoms with van der Waals surface area (Å²) in [5.74, 6) is 0.641. The quantitative estimate of drug-likeness (QED) is 0.734. The molecule has 0 atom stereocenters. The minimum Gasteiger partial charge on any atom is -0.384 e. The van der Waals surface area contributed by atoms with Gasteiger partial charge in [0.2, 0.25) is 0 Å². The van der Waals surface area contributed by atoms with E-state index in [0.29, 0.717) is 22.8 Å². The molecule has 0 saturated heterocycles. The summed E-state index contributed by atoms with van der Waals surface area (Å²) in [7, 11) is 0. The molecule has 0 bridgehead atoms. The Morgan fingerprint density at radius 2 is 1.83 bits per heavy atom. The Balaban J connectivity index is 2.46. The van der Waals surface area contributed by atoms with Crippen molar-refractivity contribution in [3.8, 4) is 0 Å². The molecule has 92 valence electrons. The van der Waals surface area contributed by atoms with Crippen LogP contribution in [0.4, 0.5) is 17.3 Å². The molecule has 0 amide bonds. The van der Waals surface area contributed by atoms with E-state index < -0.39 is 0 Å². The van der Waals surface area contributed by atoms with Gasteiger partial charge in [-0.1, -0.05) is 0 Å². The van der Waals surface area contributed by atoms with Crippen LogP contribution in [0.25, 0.3) is 0 Å². The summed E-state index contributed by atoms with van der Waals surface area (Å²) in [4.78, 5) is 19.8. The van der Waals surface area contributed by atoms with Crippen LogP contribution in [0, 0.1) is 0 Å². The fraction of sp³-hybridized carbons (Fsp3) is 0.154. The highest BCUT2D eigenvalue weighted by atomic mass is 16.1. The number of pyridine rings is 1. The second-order valence-electron chi connectivity index (χ2n) is 4.09. The molecule has 1 heterocycles. The summed E-state index contributed by atoms with van der Waals surface area (Å²) >= 11 is 0. The minimum absolute atomic E-state index is 0.00912. The average molecular weight is 242 g/mol. The van der Waals surface area contributed by atoms with Crippen LogP contribution >= 0.6 is 0 Å². The van der Waals surface area contributed by atoms with Gasteiger partial charge in [0.1, 0.15) is 11.5 Å². The first-order chi connectivity index (χ1) is 8.49. The zero-order chi connectivity index (χ0) is 13.3. The Morgan fingerprint density at radius 3 is 2.50 bits per heavy atom. The van der Waals surface area contributed by atoms with Gasteiger partial charge in [0.15, 0.2) is 11.6 Å². The Bertz CT molecular complexity index is 611. The molecular weight excluding hydrogens is 228 g/mol. The van der Waals surface area contributed by atoms with Gasteiger partial charge in [-0.25, -0.2) is 9.98 Å². The number of nitrogen functional groups attached to an aromatic ring is 2. The van der Waals surface area contributed by atoms with Crippen LogP contribution in [0.2, 0.25) is 0 Å².